The molecule has 4 nitrogen and oxygen atoms in total. The van der Waals surface area contributed by atoms with Crippen molar-refractivity contribution in [3.63, 3.8) is 0 Å². The van der Waals surface area contributed by atoms with Gasteiger partial charge in [0.25, 0.3) is 0 Å². The lowest BCUT2D eigenvalue weighted by Crippen LogP contribution is -2.47. The van der Waals surface area contributed by atoms with Gasteiger partial charge in [0.15, 0.2) is 0 Å². The van der Waals surface area contributed by atoms with E-state index in [2.05, 4.69) is 10.6 Å². The first kappa shape index (κ1) is 12.7. The van der Waals surface area contributed by atoms with E-state index in [0.29, 0.717) is 6.54 Å². The summed E-state index contributed by atoms with van der Waals surface area (Å²) >= 11 is 0. The molecule has 0 bridgehead atoms. The van der Waals surface area contributed by atoms with Crippen molar-refractivity contribution >= 4 is 5.91 Å². The van der Waals surface area contributed by atoms with Gasteiger partial charge in [-0.3, -0.25) is 4.79 Å². The molecule has 1 fully saturated rings. The minimum Gasteiger partial charge on any atom is -0.457 e. The molecular weight excluding hydrogens is 252 g/mol. The van der Waals surface area contributed by atoms with Crippen molar-refractivity contribution in [1.82, 2.24) is 10.6 Å². The van der Waals surface area contributed by atoms with E-state index in [9.17, 15) is 4.79 Å². The number of nitrogens with one attached hydrogen (secondary N) is 2. The number of carbonyl (C=O) groups is 1. The number of hydrogen-bond donors (Lipinski definition) is 2. The van der Waals surface area contributed by atoms with Gasteiger partial charge in [0.1, 0.15) is 17.5 Å². The lowest BCUT2D eigenvalue weighted by molar-refractivity contribution is -0.124. The minimum atomic E-state index is -0.303. The van der Waals surface area contributed by atoms with E-state index in [0.717, 1.165) is 23.6 Å². The van der Waals surface area contributed by atoms with Gasteiger partial charge in [0, 0.05) is 13.1 Å². The van der Waals surface area contributed by atoms with Gasteiger partial charge in [0.05, 0.1) is 0 Å². The van der Waals surface area contributed by atoms with Crippen LogP contribution in [-0.2, 0) is 4.79 Å². The van der Waals surface area contributed by atoms with Crippen LogP contribution in [0.4, 0.5) is 0 Å². The normalized spacial score (nSPS) is 18.4. The van der Waals surface area contributed by atoms with Gasteiger partial charge in [-0.05, 0) is 29.8 Å². The van der Waals surface area contributed by atoms with Crippen molar-refractivity contribution in [2.24, 2.45) is 0 Å². The molecule has 1 saturated heterocycles. The van der Waals surface area contributed by atoms with Crippen LogP contribution in [0.3, 0.4) is 0 Å². The Morgan fingerprint density at radius 1 is 0.950 bits per heavy atom. The second-order valence-corrected chi connectivity index (χ2v) is 4.67. The van der Waals surface area contributed by atoms with Gasteiger partial charge < -0.3 is 15.4 Å². The largest absolute Gasteiger partial charge is 0.457 e. The third-order valence-electron chi connectivity index (χ3n) is 3.21. The number of benzene rings is 2. The Morgan fingerprint density at radius 2 is 1.75 bits per heavy atom. The molecule has 2 aromatic carbocycles. The standard InChI is InChI=1S/C16H16N2O2/c19-16-15(17-9-10-18-16)12-5-4-8-14(11-12)20-13-6-2-1-3-7-13/h1-8,11,15,17H,9-10H2,(H,18,19). The van der Waals surface area contributed by atoms with Crippen molar-refractivity contribution in [1.29, 1.82) is 0 Å². The molecule has 20 heavy (non-hydrogen) atoms. The zero-order chi connectivity index (χ0) is 13.8. The van der Waals surface area contributed by atoms with Gasteiger partial charge in [-0.25, -0.2) is 0 Å². The maximum Gasteiger partial charge on any atom is 0.241 e. The lowest BCUT2D eigenvalue weighted by atomic mass is 10.0. The van der Waals surface area contributed by atoms with Crippen LogP contribution < -0.4 is 15.4 Å². The van der Waals surface area contributed by atoms with Crippen LogP contribution in [0.2, 0.25) is 0 Å². The second kappa shape index (κ2) is 5.75. The number of hydrogen-bond acceptors (Lipinski definition) is 3. The smallest absolute Gasteiger partial charge is 0.241 e. The minimum absolute atomic E-state index is 0.00751. The van der Waals surface area contributed by atoms with Gasteiger partial charge >= 0.3 is 0 Å². The molecule has 4 heteroatoms. The van der Waals surface area contributed by atoms with Crippen LogP contribution in [0.5, 0.6) is 11.5 Å². The Labute approximate surface area is 117 Å². The highest BCUT2D eigenvalue weighted by Gasteiger charge is 2.23. The molecule has 0 saturated carbocycles. The van der Waals surface area contributed by atoms with Crippen LogP contribution in [-0.4, -0.2) is 19.0 Å². The average molecular weight is 268 g/mol. The summed E-state index contributed by atoms with van der Waals surface area (Å²) < 4.78 is 5.79. The number of carbonyl (C=O) groups excluding carboxylic acids is 1. The molecule has 102 valence electrons. The zero-order valence-electron chi connectivity index (χ0n) is 11.0. The van der Waals surface area contributed by atoms with Crippen LogP contribution in [0, 0.1) is 0 Å². The Morgan fingerprint density at radius 3 is 2.55 bits per heavy atom. The maximum atomic E-state index is 11.8. The van der Waals surface area contributed by atoms with Gasteiger partial charge in [-0.1, -0.05) is 30.3 Å². The van der Waals surface area contributed by atoms with E-state index in [1.807, 2.05) is 54.6 Å². The third kappa shape index (κ3) is 2.81. The highest BCUT2D eigenvalue weighted by atomic mass is 16.5. The summed E-state index contributed by atoms with van der Waals surface area (Å²) in [6, 6.07) is 16.9. The third-order valence-corrected chi connectivity index (χ3v) is 3.21. The van der Waals surface area contributed by atoms with E-state index in [1.165, 1.54) is 0 Å². The summed E-state index contributed by atoms with van der Waals surface area (Å²) in [5.41, 5.74) is 0.913. The van der Waals surface area contributed by atoms with E-state index in [-0.39, 0.29) is 11.9 Å². The fourth-order valence-electron chi connectivity index (χ4n) is 2.25. The second-order valence-electron chi connectivity index (χ2n) is 4.67. The van der Waals surface area contributed by atoms with Gasteiger partial charge in [-0.15, -0.1) is 0 Å². The van der Waals surface area contributed by atoms with Crippen LogP contribution in [0.1, 0.15) is 11.6 Å². The summed E-state index contributed by atoms with van der Waals surface area (Å²) in [6.07, 6.45) is 0. The number of piperazine rings is 1. The van der Waals surface area contributed by atoms with Crippen molar-refractivity contribution in [2.45, 2.75) is 6.04 Å². The van der Waals surface area contributed by atoms with E-state index < -0.39 is 0 Å². The van der Waals surface area contributed by atoms with E-state index >= 15 is 0 Å². The first-order chi connectivity index (χ1) is 9.83. The molecule has 0 spiro atoms. The molecule has 1 amide bonds. The predicted octanol–water partition coefficient (Wildman–Crippen LogP) is 2.24. The van der Waals surface area contributed by atoms with Crippen LogP contribution >= 0.6 is 0 Å². The summed E-state index contributed by atoms with van der Waals surface area (Å²) in [4.78, 5) is 11.8. The number of ether oxygens (including phenoxy) is 1. The van der Waals surface area contributed by atoms with E-state index in [4.69, 9.17) is 4.74 Å². The monoisotopic (exact) mass is 268 g/mol. The van der Waals surface area contributed by atoms with Crippen molar-refractivity contribution < 1.29 is 9.53 Å². The predicted molar refractivity (Wildman–Crippen MR) is 76.7 cm³/mol. The number of rotatable bonds is 3. The number of para-hydroxylation sites is 1. The molecule has 1 aliphatic rings. The molecule has 2 aromatic rings. The highest BCUT2D eigenvalue weighted by molar-refractivity contribution is 5.84. The van der Waals surface area contributed by atoms with Crippen LogP contribution in [0.15, 0.2) is 54.6 Å². The summed E-state index contributed by atoms with van der Waals surface area (Å²) in [7, 11) is 0. The summed E-state index contributed by atoms with van der Waals surface area (Å²) in [6.45, 7) is 1.45. The molecular formula is C16H16N2O2. The Bertz CT molecular complexity index is 598. The quantitative estimate of drug-likeness (QED) is 0.897. The van der Waals surface area contributed by atoms with Gasteiger partial charge in [-0.2, -0.15) is 0 Å². The highest BCUT2D eigenvalue weighted by Crippen LogP contribution is 2.25. The molecule has 0 aromatic heterocycles. The molecule has 0 aliphatic carbocycles. The maximum absolute atomic E-state index is 11.8. The molecule has 1 aliphatic heterocycles. The molecule has 1 atom stereocenters. The lowest BCUT2D eigenvalue weighted by Gasteiger charge is -2.24. The van der Waals surface area contributed by atoms with E-state index in [1.54, 1.807) is 0 Å². The average Bonchev–Trinajstić information content (AvgIpc) is 2.49. The molecule has 1 heterocycles. The first-order valence-corrected chi connectivity index (χ1v) is 6.67. The molecule has 2 N–H and O–H groups in total. The summed E-state index contributed by atoms with van der Waals surface area (Å²) in [5, 5.41) is 6.07. The SMILES string of the molecule is O=C1NCCNC1c1cccc(Oc2ccccc2)c1. The first-order valence-electron chi connectivity index (χ1n) is 6.67. The fraction of sp³-hybridized carbons (Fsp3) is 0.188. The number of amides is 1. The molecule has 0 radical (unpaired) electrons. The Hall–Kier alpha value is -2.33. The van der Waals surface area contributed by atoms with Crippen molar-refractivity contribution in [3.8, 4) is 11.5 Å². The Kier molecular flexibility index (Phi) is 3.65. The van der Waals surface area contributed by atoms with Crippen molar-refractivity contribution in [3.05, 3.63) is 60.2 Å². The topological polar surface area (TPSA) is 50.4 Å². The summed E-state index contributed by atoms with van der Waals surface area (Å²) in [5.74, 6) is 1.52. The van der Waals surface area contributed by atoms with Crippen molar-refractivity contribution in [2.75, 3.05) is 13.1 Å². The molecule has 3 rings (SSSR count). The Balaban J connectivity index is 1.80. The fourth-order valence-corrected chi connectivity index (χ4v) is 2.25. The zero-order valence-corrected chi connectivity index (χ0v) is 11.0. The van der Waals surface area contributed by atoms with Crippen LogP contribution in [0.25, 0.3) is 0 Å². The van der Waals surface area contributed by atoms with Gasteiger partial charge in [0.2, 0.25) is 5.91 Å². The molecule has 1 unspecified atom stereocenters.